The first kappa shape index (κ1) is 12.5. The molecule has 94 valence electrons. The van der Waals surface area contributed by atoms with E-state index >= 15 is 0 Å². The third-order valence-corrected chi connectivity index (χ3v) is 2.87. The standard InChI is InChI=1S/C13H18ClNO2/c1-13(2,15)8-9-4-5-10(14)12-11(9)16-6-3-7-17-12/h4-5H,3,6-8,15H2,1-2H3. The van der Waals surface area contributed by atoms with E-state index in [-0.39, 0.29) is 5.54 Å². The molecule has 0 bridgehead atoms. The predicted octanol–water partition coefficient (Wildman–Crippen LogP) is 2.78. The lowest BCUT2D eigenvalue weighted by Gasteiger charge is -2.21. The average Bonchev–Trinajstić information content (AvgIpc) is 2.46. The van der Waals surface area contributed by atoms with Gasteiger partial charge in [-0.2, -0.15) is 0 Å². The lowest BCUT2D eigenvalue weighted by Crippen LogP contribution is -2.34. The summed E-state index contributed by atoms with van der Waals surface area (Å²) in [6.07, 6.45) is 1.60. The topological polar surface area (TPSA) is 44.5 Å². The van der Waals surface area contributed by atoms with Crippen molar-refractivity contribution >= 4 is 11.6 Å². The summed E-state index contributed by atoms with van der Waals surface area (Å²) in [4.78, 5) is 0. The van der Waals surface area contributed by atoms with Crippen LogP contribution in [0.3, 0.4) is 0 Å². The molecule has 0 aromatic heterocycles. The Morgan fingerprint density at radius 2 is 1.88 bits per heavy atom. The first-order valence-electron chi connectivity index (χ1n) is 5.83. The summed E-state index contributed by atoms with van der Waals surface area (Å²) in [5.41, 5.74) is 6.82. The Labute approximate surface area is 107 Å². The molecule has 4 heteroatoms. The van der Waals surface area contributed by atoms with E-state index in [4.69, 9.17) is 26.8 Å². The van der Waals surface area contributed by atoms with E-state index < -0.39 is 0 Å². The van der Waals surface area contributed by atoms with E-state index in [2.05, 4.69) is 0 Å². The van der Waals surface area contributed by atoms with Crippen LogP contribution in [-0.4, -0.2) is 18.8 Å². The number of hydrogen-bond acceptors (Lipinski definition) is 3. The van der Waals surface area contributed by atoms with E-state index in [9.17, 15) is 0 Å². The molecule has 1 heterocycles. The summed E-state index contributed by atoms with van der Waals surface area (Å²) in [6.45, 7) is 5.28. The van der Waals surface area contributed by atoms with Crippen molar-refractivity contribution in [1.29, 1.82) is 0 Å². The Hall–Kier alpha value is -0.930. The van der Waals surface area contributed by atoms with Crippen molar-refractivity contribution in [3.05, 3.63) is 22.7 Å². The van der Waals surface area contributed by atoms with E-state index in [1.54, 1.807) is 0 Å². The van der Waals surface area contributed by atoms with E-state index in [0.29, 0.717) is 24.0 Å². The second kappa shape index (κ2) is 4.75. The fourth-order valence-electron chi connectivity index (χ4n) is 1.91. The Morgan fingerprint density at radius 1 is 1.24 bits per heavy atom. The first-order chi connectivity index (χ1) is 7.97. The number of rotatable bonds is 2. The molecule has 0 amide bonds. The van der Waals surface area contributed by atoms with Crippen LogP contribution in [0.4, 0.5) is 0 Å². The molecule has 0 radical (unpaired) electrons. The Bertz CT molecular complexity index is 413. The van der Waals surface area contributed by atoms with Crippen molar-refractivity contribution in [3.8, 4) is 11.5 Å². The highest BCUT2D eigenvalue weighted by Crippen LogP contribution is 2.40. The Morgan fingerprint density at radius 3 is 2.53 bits per heavy atom. The van der Waals surface area contributed by atoms with Gasteiger partial charge in [0.15, 0.2) is 11.5 Å². The molecule has 1 aliphatic heterocycles. The minimum absolute atomic E-state index is 0.280. The molecule has 0 fully saturated rings. The quantitative estimate of drug-likeness (QED) is 0.884. The molecule has 0 saturated heterocycles. The van der Waals surface area contributed by atoms with E-state index in [1.807, 2.05) is 26.0 Å². The van der Waals surface area contributed by atoms with Gasteiger partial charge in [-0.05, 0) is 31.9 Å². The van der Waals surface area contributed by atoms with Gasteiger partial charge in [-0.3, -0.25) is 0 Å². The van der Waals surface area contributed by atoms with Gasteiger partial charge >= 0.3 is 0 Å². The second-order valence-corrected chi connectivity index (χ2v) is 5.49. The molecule has 1 aliphatic rings. The number of hydrogen-bond donors (Lipinski definition) is 1. The maximum absolute atomic E-state index is 6.12. The second-order valence-electron chi connectivity index (χ2n) is 5.08. The normalized spacial score (nSPS) is 15.5. The molecule has 0 unspecified atom stereocenters. The van der Waals surface area contributed by atoms with Gasteiger partial charge in [0.25, 0.3) is 0 Å². The zero-order valence-electron chi connectivity index (χ0n) is 10.3. The molecule has 0 spiro atoms. The van der Waals surface area contributed by atoms with Crippen LogP contribution < -0.4 is 15.2 Å². The Kier molecular flexibility index (Phi) is 3.50. The average molecular weight is 256 g/mol. The fourth-order valence-corrected chi connectivity index (χ4v) is 2.11. The van der Waals surface area contributed by atoms with Crippen molar-refractivity contribution in [3.63, 3.8) is 0 Å². The minimum Gasteiger partial charge on any atom is -0.489 e. The molecule has 3 nitrogen and oxygen atoms in total. The summed E-state index contributed by atoms with van der Waals surface area (Å²) in [5.74, 6) is 1.42. The summed E-state index contributed by atoms with van der Waals surface area (Å²) >= 11 is 6.12. The van der Waals surface area contributed by atoms with Crippen LogP contribution in [-0.2, 0) is 6.42 Å². The molecular formula is C13H18ClNO2. The van der Waals surface area contributed by atoms with Gasteiger partial charge in [0.05, 0.1) is 18.2 Å². The predicted molar refractivity (Wildman–Crippen MR) is 69.0 cm³/mol. The van der Waals surface area contributed by atoms with Gasteiger partial charge in [0, 0.05) is 12.0 Å². The zero-order valence-corrected chi connectivity index (χ0v) is 11.0. The van der Waals surface area contributed by atoms with Crippen LogP contribution in [0.25, 0.3) is 0 Å². The highest BCUT2D eigenvalue weighted by molar-refractivity contribution is 6.32. The number of halogens is 1. The van der Waals surface area contributed by atoms with Gasteiger partial charge in [0.2, 0.25) is 0 Å². The first-order valence-corrected chi connectivity index (χ1v) is 6.21. The molecule has 0 atom stereocenters. The lowest BCUT2D eigenvalue weighted by molar-refractivity contribution is 0.295. The van der Waals surface area contributed by atoms with Crippen LogP contribution in [0, 0.1) is 0 Å². The number of fused-ring (bicyclic) bond motifs is 1. The van der Waals surface area contributed by atoms with Gasteiger partial charge < -0.3 is 15.2 Å². The highest BCUT2D eigenvalue weighted by Gasteiger charge is 2.21. The largest absolute Gasteiger partial charge is 0.489 e. The maximum atomic E-state index is 6.12. The van der Waals surface area contributed by atoms with Crippen LogP contribution >= 0.6 is 11.6 Å². The van der Waals surface area contributed by atoms with Gasteiger partial charge in [-0.1, -0.05) is 17.7 Å². The Balaban J connectivity index is 2.40. The molecule has 2 rings (SSSR count). The molecule has 1 aromatic rings. The van der Waals surface area contributed by atoms with Crippen LogP contribution in [0.5, 0.6) is 11.5 Å². The molecule has 17 heavy (non-hydrogen) atoms. The third-order valence-electron chi connectivity index (χ3n) is 2.57. The zero-order chi connectivity index (χ0) is 12.5. The summed E-state index contributed by atoms with van der Waals surface area (Å²) in [6, 6.07) is 3.81. The SMILES string of the molecule is CC(C)(N)Cc1ccc(Cl)c2c1OCCCO2. The molecular weight excluding hydrogens is 238 g/mol. The van der Waals surface area contributed by atoms with Crippen molar-refractivity contribution in [2.24, 2.45) is 5.73 Å². The van der Waals surface area contributed by atoms with Crippen LogP contribution in [0.2, 0.25) is 5.02 Å². The molecule has 0 aliphatic carbocycles. The highest BCUT2D eigenvalue weighted by atomic mass is 35.5. The lowest BCUT2D eigenvalue weighted by atomic mass is 9.95. The van der Waals surface area contributed by atoms with Gasteiger partial charge in [0.1, 0.15) is 0 Å². The summed E-state index contributed by atoms with van der Waals surface area (Å²) in [7, 11) is 0. The smallest absolute Gasteiger partial charge is 0.180 e. The number of nitrogens with two attached hydrogens (primary N) is 1. The molecule has 0 saturated carbocycles. The number of benzene rings is 1. The molecule has 2 N–H and O–H groups in total. The van der Waals surface area contributed by atoms with Gasteiger partial charge in [-0.25, -0.2) is 0 Å². The monoisotopic (exact) mass is 255 g/mol. The van der Waals surface area contributed by atoms with E-state index in [1.165, 1.54) is 0 Å². The van der Waals surface area contributed by atoms with Crippen molar-refractivity contribution in [2.75, 3.05) is 13.2 Å². The fraction of sp³-hybridized carbons (Fsp3) is 0.538. The third kappa shape index (κ3) is 3.05. The maximum Gasteiger partial charge on any atom is 0.180 e. The minimum atomic E-state index is -0.280. The van der Waals surface area contributed by atoms with E-state index in [0.717, 1.165) is 24.2 Å². The van der Waals surface area contributed by atoms with Crippen molar-refractivity contribution in [2.45, 2.75) is 32.2 Å². The van der Waals surface area contributed by atoms with Crippen molar-refractivity contribution in [1.82, 2.24) is 0 Å². The van der Waals surface area contributed by atoms with Crippen LogP contribution in [0.1, 0.15) is 25.8 Å². The summed E-state index contributed by atoms with van der Waals surface area (Å²) in [5, 5.41) is 0.598. The van der Waals surface area contributed by atoms with Crippen molar-refractivity contribution < 1.29 is 9.47 Å². The number of ether oxygens (including phenoxy) is 2. The van der Waals surface area contributed by atoms with Gasteiger partial charge in [-0.15, -0.1) is 0 Å². The molecule has 1 aromatic carbocycles. The summed E-state index contributed by atoms with van der Waals surface area (Å²) < 4.78 is 11.4. The van der Waals surface area contributed by atoms with Crippen LogP contribution in [0.15, 0.2) is 12.1 Å².